The third-order valence-corrected chi connectivity index (χ3v) is 5.45. The number of carbonyl (C=O) groups is 2. The van der Waals surface area contributed by atoms with Gasteiger partial charge in [-0.25, -0.2) is 0 Å². The number of hydrogen-bond acceptors (Lipinski definition) is 5. The van der Waals surface area contributed by atoms with Gasteiger partial charge in [0.2, 0.25) is 0 Å². The SMILES string of the molecule is CCOc1cccc(C(O)=C2C(=O)C(=O)N(Cc3ccncc3)C2c2ccc(C)cc2)c1. The fourth-order valence-corrected chi connectivity index (χ4v) is 3.88. The number of aryl methyl sites for hydroxylation is 1. The molecule has 6 nitrogen and oxygen atoms in total. The topological polar surface area (TPSA) is 79.7 Å². The van der Waals surface area contributed by atoms with E-state index in [1.54, 1.807) is 48.8 Å². The minimum atomic E-state index is -0.709. The number of ketones is 1. The lowest BCUT2D eigenvalue weighted by Gasteiger charge is -2.25. The fraction of sp³-hybridized carbons (Fsp3) is 0.192. The van der Waals surface area contributed by atoms with E-state index < -0.39 is 17.7 Å². The Bertz CT molecular complexity index is 1170. The van der Waals surface area contributed by atoms with Crippen LogP contribution in [0, 0.1) is 6.92 Å². The summed E-state index contributed by atoms with van der Waals surface area (Å²) >= 11 is 0. The minimum Gasteiger partial charge on any atom is -0.507 e. The van der Waals surface area contributed by atoms with Gasteiger partial charge in [-0.3, -0.25) is 14.6 Å². The number of aliphatic hydroxyl groups excluding tert-OH is 1. The van der Waals surface area contributed by atoms with Gasteiger partial charge in [0.25, 0.3) is 11.7 Å². The molecule has 1 aliphatic heterocycles. The standard InChI is InChI=1S/C26H24N2O4/c1-3-32-21-6-4-5-20(15-21)24(29)22-23(19-9-7-17(2)8-10-19)28(26(31)25(22)30)16-18-11-13-27-14-12-18/h4-15,23,29H,3,16H2,1-2H3. The van der Waals surface area contributed by atoms with Crippen LogP contribution in [0.15, 0.2) is 78.6 Å². The first-order valence-corrected chi connectivity index (χ1v) is 10.5. The van der Waals surface area contributed by atoms with E-state index in [2.05, 4.69) is 4.98 Å². The number of likely N-dealkylation sites (tertiary alicyclic amines) is 1. The Kier molecular flexibility index (Phi) is 6.03. The number of pyridine rings is 1. The third kappa shape index (κ3) is 4.12. The van der Waals surface area contributed by atoms with Crippen LogP contribution in [0.3, 0.4) is 0 Å². The summed E-state index contributed by atoms with van der Waals surface area (Å²) in [7, 11) is 0. The van der Waals surface area contributed by atoms with Crippen LogP contribution >= 0.6 is 0 Å². The molecule has 1 atom stereocenters. The number of hydrogen-bond donors (Lipinski definition) is 1. The maximum Gasteiger partial charge on any atom is 0.295 e. The zero-order chi connectivity index (χ0) is 22.7. The Balaban J connectivity index is 1.84. The van der Waals surface area contributed by atoms with Crippen molar-refractivity contribution in [2.24, 2.45) is 0 Å². The van der Waals surface area contributed by atoms with E-state index in [9.17, 15) is 14.7 Å². The molecule has 1 aliphatic rings. The minimum absolute atomic E-state index is 0.0709. The highest BCUT2D eigenvalue weighted by molar-refractivity contribution is 6.46. The fourth-order valence-electron chi connectivity index (χ4n) is 3.88. The van der Waals surface area contributed by atoms with Crippen molar-refractivity contribution in [3.8, 4) is 5.75 Å². The summed E-state index contributed by atoms with van der Waals surface area (Å²) in [6.07, 6.45) is 3.29. The molecule has 4 rings (SSSR count). The predicted octanol–water partition coefficient (Wildman–Crippen LogP) is 4.41. The first-order chi connectivity index (χ1) is 15.5. The van der Waals surface area contributed by atoms with Crippen molar-refractivity contribution >= 4 is 17.4 Å². The largest absolute Gasteiger partial charge is 0.507 e. The lowest BCUT2D eigenvalue weighted by atomic mass is 9.94. The number of amides is 1. The molecule has 0 radical (unpaired) electrons. The van der Waals surface area contributed by atoms with Crippen molar-refractivity contribution in [3.63, 3.8) is 0 Å². The number of aliphatic hydroxyl groups is 1. The molecule has 2 aromatic carbocycles. The van der Waals surface area contributed by atoms with Gasteiger partial charge in [-0.05, 0) is 49.2 Å². The van der Waals surface area contributed by atoms with Crippen LogP contribution in [-0.2, 0) is 16.1 Å². The lowest BCUT2D eigenvalue weighted by molar-refractivity contribution is -0.140. The van der Waals surface area contributed by atoms with Gasteiger partial charge in [-0.1, -0.05) is 42.0 Å². The molecular weight excluding hydrogens is 404 g/mol. The van der Waals surface area contributed by atoms with E-state index in [0.29, 0.717) is 17.9 Å². The molecule has 3 aromatic rings. The molecule has 32 heavy (non-hydrogen) atoms. The molecule has 1 saturated heterocycles. The molecule has 1 aromatic heterocycles. The monoisotopic (exact) mass is 428 g/mol. The maximum absolute atomic E-state index is 13.1. The van der Waals surface area contributed by atoms with Gasteiger partial charge >= 0.3 is 0 Å². The Hall–Kier alpha value is -3.93. The molecule has 1 fully saturated rings. The van der Waals surface area contributed by atoms with Gasteiger partial charge in [0, 0.05) is 24.5 Å². The number of ether oxygens (including phenoxy) is 1. The van der Waals surface area contributed by atoms with Crippen LogP contribution < -0.4 is 4.74 Å². The molecule has 6 heteroatoms. The van der Waals surface area contributed by atoms with Crippen LogP contribution in [0.25, 0.3) is 5.76 Å². The zero-order valence-corrected chi connectivity index (χ0v) is 18.0. The van der Waals surface area contributed by atoms with Gasteiger partial charge in [-0.2, -0.15) is 0 Å². The Morgan fingerprint density at radius 1 is 1.06 bits per heavy atom. The summed E-state index contributed by atoms with van der Waals surface area (Å²) in [4.78, 5) is 31.7. The molecule has 0 bridgehead atoms. The van der Waals surface area contributed by atoms with Crippen LogP contribution in [-0.4, -0.2) is 33.3 Å². The van der Waals surface area contributed by atoms with E-state index in [1.807, 2.05) is 38.1 Å². The molecule has 0 aliphatic carbocycles. The predicted molar refractivity (Wildman–Crippen MR) is 121 cm³/mol. The van der Waals surface area contributed by atoms with Crippen LogP contribution in [0.2, 0.25) is 0 Å². The summed E-state index contributed by atoms with van der Waals surface area (Å²) in [6.45, 7) is 4.54. The first-order valence-electron chi connectivity index (χ1n) is 10.5. The lowest BCUT2D eigenvalue weighted by Crippen LogP contribution is -2.29. The molecule has 2 heterocycles. The molecular formula is C26H24N2O4. The number of benzene rings is 2. The normalized spacial score (nSPS) is 17.6. The molecule has 1 N–H and O–H groups in total. The average molecular weight is 428 g/mol. The number of Topliss-reactive ketones (excluding diaryl/α,β-unsaturated/α-hetero) is 1. The van der Waals surface area contributed by atoms with Crippen LogP contribution in [0.4, 0.5) is 0 Å². The van der Waals surface area contributed by atoms with E-state index >= 15 is 0 Å². The van der Waals surface area contributed by atoms with Crippen molar-refractivity contribution in [2.75, 3.05) is 6.61 Å². The molecule has 1 unspecified atom stereocenters. The van der Waals surface area contributed by atoms with Gasteiger partial charge in [0.1, 0.15) is 11.5 Å². The first kappa shape index (κ1) is 21.3. The summed E-state index contributed by atoms with van der Waals surface area (Å²) in [5, 5.41) is 11.2. The number of rotatable bonds is 6. The van der Waals surface area contributed by atoms with Crippen molar-refractivity contribution in [2.45, 2.75) is 26.4 Å². The highest BCUT2D eigenvalue weighted by Crippen LogP contribution is 2.40. The Labute approximate surface area is 186 Å². The van der Waals surface area contributed by atoms with E-state index in [-0.39, 0.29) is 17.9 Å². The smallest absolute Gasteiger partial charge is 0.295 e. The summed E-state index contributed by atoms with van der Waals surface area (Å²) in [6, 6.07) is 17.4. The molecule has 162 valence electrons. The van der Waals surface area contributed by atoms with E-state index in [4.69, 9.17) is 4.74 Å². The molecule has 0 spiro atoms. The zero-order valence-electron chi connectivity index (χ0n) is 18.0. The summed E-state index contributed by atoms with van der Waals surface area (Å²) in [5.74, 6) is -0.985. The maximum atomic E-state index is 13.1. The average Bonchev–Trinajstić information content (AvgIpc) is 3.05. The van der Waals surface area contributed by atoms with Crippen molar-refractivity contribution in [3.05, 3.63) is 101 Å². The second kappa shape index (κ2) is 9.06. The number of nitrogens with zero attached hydrogens (tertiary/aromatic N) is 2. The Morgan fingerprint density at radius 3 is 2.47 bits per heavy atom. The number of carbonyl (C=O) groups excluding carboxylic acids is 2. The van der Waals surface area contributed by atoms with Crippen LogP contribution in [0.5, 0.6) is 5.75 Å². The van der Waals surface area contributed by atoms with Gasteiger partial charge in [0.15, 0.2) is 0 Å². The van der Waals surface area contributed by atoms with Crippen LogP contribution in [0.1, 0.15) is 35.2 Å². The van der Waals surface area contributed by atoms with E-state index in [0.717, 1.165) is 16.7 Å². The highest BCUT2D eigenvalue weighted by Gasteiger charge is 2.46. The van der Waals surface area contributed by atoms with E-state index in [1.165, 1.54) is 4.90 Å². The quantitative estimate of drug-likeness (QED) is 0.357. The highest BCUT2D eigenvalue weighted by atomic mass is 16.5. The van der Waals surface area contributed by atoms with Crippen molar-refractivity contribution in [1.29, 1.82) is 0 Å². The van der Waals surface area contributed by atoms with Gasteiger partial charge in [0.05, 0.1) is 18.2 Å². The summed E-state index contributed by atoms with van der Waals surface area (Å²) in [5.41, 5.74) is 3.16. The second-order valence-electron chi connectivity index (χ2n) is 7.65. The molecule has 1 amide bonds. The Morgan fingerprint density at radius 2 is 1.78 bits per heavy atom. The molecule has 0 saturated carbocycles. The number of aromatic nitrogens is 1. The van der Waals surface area contributed by atoms with Gasteiger partial charge in [-0.15, -0.1) is 0 Å². The van der Waals surface area contributed by atoms with Crippen molar-refractivity contribution in [1.82, 2.24) is 9.88 Å². The second-order valence-corrected chi connectivity index (χ2v) is 7.65. The van der Waals surface area contributed by atoms with Crippen molar-refractivity contribution < 1.29 is 19.4 Å². The third-order valence-electron chi connectivity index (χ3n) is 5.45. The summed E-state index contributed by atoms with van der Waals surface area (Å²) < 4.78 is 5.53. The van der Waals surface area contributed by atoms with Gasteiger partial charge < -0.3 is 14.7 Å².